The van der Waals surface area contributed by atoms with Crippen LogP contribution < -0.4 is 14.8 Å². The third-order valence-electron chi connectivity index (χ3n) is 4.84. The highest BCUT2D eigenvalue weighted by molar-refractivity contribution is 7.80. The van der Waals surface area contributed by atoms with Crippen molar-refractivity contribution >= 4 is 17.3 Å². The molecule has 1 N–H and O–H groups in total. The number of rotatable bonds is 8. The molecule has 156 valence electrons. The first kappa shape index (κ1) is 21.6. The summed E-state index contributed by atoms with van der Waals surface area (Å²) in [5.41, 5.74) is 3.36. The van der Waals surface area contributed by atoms with E-state index in [1.165, 1.54) is 5.56 Å². The molecular formula is C24H27N3O2S. The second-order valence-corrected chi connectivity index (χ2v) is 7.38. The van der Waals surface area contributed by atoms with E-state index in [9.17, 15) is 0 Å². The largest absolute Gasteiger partial charge is 0.493 e. The van der Waals surface area contributed by atoms with Crippen LogP contribution in [0.25, 0.3) is 0 Å². The molecule has 0 fully saturated rings. The highest BCUT2D eigenvalue weighted by atomic mass is 32.1. The third kappa shape index (κ3) is 5.70. The van der Waals surface area contributed by atoms with E-state index in [1.807, 2.05) is 48.7 Å². The highest BCUT2D eigenvalue weighted by Crippen LogP contribution is 2.28. The van der Waals surface area contributed by atoms with Gasteiger partial charge in [-0.15, -0.1) is 0 Å². The lowest BCUT2D eigenvalue weighted by Crippen LogP contribution is -2.40. The average Bonchev–Trinajstić information content (AvgIpc) is 2.79. The first-order valence-electron chi connectivity index (χ1n) is 9.81. The fourth-order valence-corrected chi connectivity index (χ4v) is 3.52. The topological polar surface area (TPSA) is 46.6 Å². The molecule has 0 saturated heterocycles. The molecule has 1 aromatic heterocycles. The molecule has 0 bridgehead atoms. The molecule has 5 nitrogen and oxygen atoms in total. The molecule has 6 heteroatoms. The summed E-state index contributed by atoms with van der Waals surface area (Å²) in [5.74, 6) is 1.41. The van der Waals surface area contributed by atoms with Crippen LogP contribution in [0.15, 0.2) is 73.1 Å². The molecule has 1 atom stereocenters. The zero-order valence-electron chi connectivity index (χ0n) is 17.5. The van der Waals surface area contributed by atoms with Gasteiger partial charge in [0, 0.05) is 25.5 Å². The Morgan fingerprint density at radius 3 is 2.37 bits per heavy atom. The van der Waals surface area contributed by atoms with Gasteiger partial charge in [-0.25, -0.2) is 0 Å². The molecular weight excluding hydrogens is 394 g/mol. The van der Waals surface area contributed by atoms with Crippen molar-refractivity contribution in [3.63, 3.8) is 0 Å². The summed E-state index contributed by atoms with van der Waals surface area (Å²) in [4.78, 5) is 6.37. The lowest BCUT2D eigenvalue weighted by molar-refractivity contribution is 0.352. The van der Waals surface area contributed by atoms with E-state index in [4.69, 9.17) is 21.7 Å². The number of thiocarbonyl (C=S) groups is 1. The summed E-state index contributed by atoms with van der Waals surface area (Å²) in [6, 6.07) is 20.3. The maximum Gasteiger partial charge on any atom is 0.170 e. The number of methoxy groups -OCH3 is 2. The van der Waals surface area contributed by atoms with Crippen LogP contribution in [0, 0.1) is 0 Å². The Kier molecular flexibility index (Phi) is 7.63. The van der Waals surface area contributed by atoms with E-state index >= 15 is 0 Å². The zero-order chi connectivity index (χ0) is 21.3. The Bertz CT molecular complexity index is 951. The smallest absolute Gasteiger partial charge is 0.170 e. The van der Waals surface area contributed by atoms with Gasteiger partial charge in [-0.05, 0) is 54.0 Å². The van der Waals surface area contributed by atoms with Crippen LogP contribution in [0.1, 0.15) is 29.7 Å². The first-order chi connectivity index (χ1) is 14.6. The van der Waals surface area contributed by atoms with Gasteiger partial charge < -0.3 is 19.7 Å². The van der Waals surface area contributed by atoms with E-state index in [-0.39, 0.29) is 6.04 Å². The summed E-state index contributed by atoms with van der Waals surface area (Å²) < 4.78 is 10.8. The van der Waals surface area contributed by atoms with Crippen molar-refractivity contribution in [2.75, 3.05) is 14.2 Å². The third-order valence-corrected chi connectivity index (χ3v) is 5.22. The first-order valence-corrected chi connectivity index (χ1v) is 10.2. The van der Waals surface area contributed by atoms with E-state index in [2.05, 4.69) is 40.3 Å². The Balaban J connectivity index is 1.80. The number of hydrogen-bond donors (Lipinski definition) is 1. The number of pyridine rings is 1. The van der Waals surface area contributed by atoms with Crippen molar-refractivity contribution < 1.29 is 9.47 Å². The van der Waals surface area contributed by atoms with Gasteiger partial charge in [0.15, 0.2) is 16.6 Å². The van der Waals surface area contributed by atoms with Gasteiger partial charge in [0.2, 0.25) is 0 Å². The molecule has 30 heavy (non-hydrogen) atoms. The van der Waals surface area contributed by atoms with Crippen molar-refractivity contribution in [1.82, 2.24) is 15.2 Å². The van der Waals surface area contributed by atoms with Gasteiger partial charge in [-0.1, -0.05) is 42.5 Å². The lowest BCUT2D eigenvalue weighted by Gasteiger charge is -2.28. The highest BCUT2D eigenvalue weighted by Gasteiger charge is 2.16. The zero-order valence-corrected chi connectivity index (χ0v) is 18.4. The van der Waals surface area contributed by atoms with Crippen LogP contribution in [-0.2, 0) is 13.1 Å². The predicted molar refractivity (Wildman–Crippen MR) is 124 cm³/mol. The van der Waals surface area contributed by atoms with E-state index in [1.54, 1.807) is 20.4 Å². The molecule has 0 amide bonds. The summed E-state index contributed by atoms with van der Waals surface area (Å²) in [6.07, 6.45) is 3.64. The number of aromatic nitrogens is 1. The van der Waals surface area contributed by atoms with Crippen molar-refractivity contribution in [2.24, 2.45) is 0 Å². The SMILES string of the molecule is COc1ccc(CN(Cc2cccnc2)C(=S)NC(C)c2ccccc2)cc1OC. The molecule has 1 heterocycles. The molecule has 0 radical (unpaired) electrons. The van der Waals surface area contributed by atoms with Crippen LogP contribution >= 0.6 is 12.2 Å². The quantitative estimate of drug-likeness (QED) is 0.530. The Morgan fingerprint density at radius 1 is 0.967 bits per heavy atom. The number of nitrogens with one attached hydrogen (secondary N) is 1. The monoisotopic (exact) mass is 421 g/mol. The standard InChI is InChI=1S/C24H27N3O2S/c1-18(21-9-5-4-6-10-21)26-24(30)27(17-20-8-7-13-25-15-20)16-19-11-12-22(28-2)23(14-19)29-3/h4-15,18H,16-17H2,1-3H3,(H,26,30). The molecule has 0 aliphatic carbocycles. The average molecular weight is 422 g/mol. The molecule has 0 aliphatic heterocycles. The fourth-order valence-electron chi connectivity index (χ4n) is 3.21. The summed E-state index contributed by atoms with van der Waals surface area (Å²) in [7, 11) is 3.28. The second-order valence-electron chi connectivity index (χ2n) is 6.99. The maximum absolute atomic E-state index is 5.80. The van der Waals surface area contributed by atoms with Crippen LogP contribution in [-0.4, -0.2) is 29.2 Å². The number of ether oxygens (including phenoxy) is 2. The predicted octanol–water partition coefficient (Wildman–Crippen LogP) is 4.74. The molecule has 0 spiro atoms. The van der Waals surface area contributed by atoms with Crippen molar-refractivity contribution in [2.45, 2.75) is 26.1 Å². The summed E-state index contributed by atoms with van der Waals surface area (Å²) >= 11 is 5.80. The number of hydrogen-bond acceptors (Lipinski definition) is 4. The van der Waals surface area contributed by atoms with Gasteiger partial charge in [0.25, 0.3) is 0 Å². The molecule has 3 aromatic rings. The molecule has 0 saturated carbocycles. The van der Waals surface area contributed by atoms with Crippen LogP contribution in [0.4, 0.5) is 0 Å². The summed E-state index contributed by atoms with van der Waals surface area (Å²) in [5, 5.41) is 4.15. The van der Waals surface area contributed by atoms with Gasteiger partial charge in [0.1, 0.15) is 0 Å². The van der Waals surface area contributed by atoms with E-state index < -0.39 is 0 Å². The van der Waals surface area contributed by atoms with Crippen molar-refractivity contribution in [3.05, 3.63) is 89.7 Å². The van der Waals surface area contributed by atoms with E-state index in [0.717, 1.165) is 11.1 Å². The summed E-state index contributed by atoms with van der Waals surface area (Å²) in [6.45, 7) is 3.39. The van der Waals surface area contributed by atoms with Crippen LogP contribution in [0.2, 0.25) is 0 Å². The van der Waals surface area contributed by atoms with Gasteiger partial charge in [0.05, 0.1) is 20.3 Å². The van der Waals surface area contributed by atoms with Gasteiger partial charge in [-0.3, -0.25) is 4.98 Å². The van der Waals surface area contributed by atoms with E-state index in [0.29, 0.717) is 29.7 Å². The molecule has 0 aliphatic rings. The second kappa shape index (κ2) is 10.6. The minimum absolute atomic E-state index is 0.0977. The molecule has 1 unspecified atom stereocenters. The van der Waals surface area contributed by atoms with Gasteiger partial charge >= 0.3 is 0 Å². The number of benzene rings is 2. The Labute approximate surface area is 183 Å². The van der Waals surface area contributed by atoms with Crippen LogP contribution in [0.3, 0.4) is 0 Å². The lowest BCUT2D eigenvalue weighted by atomic mass is 10.1. The fraction of sp³-hybridized carbons (Fsp3) is 0.250. The van der Waals surface area contributed by atoms with Crippen LogP contribution in [0.5, 0.6) is 11.5 Å². The van der Waals surface area contributed by atoms with Crippen molar-refractivity contribution in [3.8, 4) is 11.5 Å². The normalized spacial score (nSPS) is 11.4. The molecule has 3 rings (SSSR count). The van der Waals surface area contributed by atoms with Crippen molar-refractivity contribution in [1.29, 1.82) is 0 Å². The maximum atomic E-state index is 5.80. The minimum atomic E-state index is 0.0977. The number of nitrogens with zero attached hydrogens (tertiary/aromatic N) is 2. The Morgan fingerprint density at radius 2 is 1.70 bits per heavy atom. The van der Waals surface area contributed by atoms with Gasteiger partial charge in [-0.2, -0.15) is 0 Å². The minimum Gasteiger partial charge on any atom is -0.493 e. The molecule has 2 aromatic carbocycles. The Hall–Kier alpha value is -3.12.